The molecule has 104 valence electrons. The van der Waals surface area contributed by atoms with Crippen LogP contribution in [0.1, 0.15) is 24.9 Å². The summed E-state index contributed by atoms with van der Waals surface area (Å²) in [4.78, 5) is 12.2. The number of halogens is 1. The maximum absolute atomic E-state index is 12.2. The molecule has 0 saturated carbocycles. The fraction of sp³-hybridized carbons (Fsp3) is 0.500. The number of nitrogens with two attached hydrogens (primary N) is 1. The van der Waals surface area contributed by atoms with Crippen LogP contribution >= 0.6 is 11.6 Å². The van der Waals surface area contributed by atoms with Gasteiger partial charge in [-0.15, -0.1) is 0 Å². The first kappa shape index (κ1) is 14.3. The fourth-order valence-corrected chi connectivity index (χ4v) is 2.36. The first-order chi connectivity index (χ1) is 9.11. The van der Waals surface area contributed by atoms with Crippen molar-refractivity contribution < 1.29 is 9.53 Å². The van der Waals surface area contributed by atoms with Gasteiger partial charge in [-0.25, -0.2) is 0 Å². The fourth-order valence-electron chi connectivity index (χ4n) is 2.24. The number of ether oxygens (including phenoxy) is 1. The summed E-state index contributed by atoms with van der Waals surface area (Å²) in [5.41, 5.74) is 6.90. The van der Waals surface area contributed by atoms with Gasteiger partial charge in [0.2, 0.25) is 5.91 Å². The molecule has 0 radical (unpaired) electrons. The number of carbonyl (C=O) groups excluding carboxylic acids is 1. The van der Waals surface area contributed by atoms with E-state index in [0.29, 0.717) is 18.2 Å². The van der Waals surface area contributed by atoms with E-state index in [1.54, 1.807) is 0 Å². The number of nitrogens with one attached hydrogen (secondary N) is 1. The van der Waals surface area contributed by atoms with Gasteiger partial charge in [0.05, 0.1) is 25.2 Å². The van der Waals surface area contributed by atoms with Gasteiger partial charge < -0.3 is 15.8 Å². The number of rotatable bonds is 4. The van der Waals surface area contributed by atoms with Crippen LogP contribution in [0.3, 0.4) is 0 Å². The molecule has 0 aromatic heterocycles. The minimum Gasteiger partial charge on any atom is -0.379 e. The van der Waals surface area contributed by atoms with E-state index >= 15 is 0 Å². The minimum absolute atomic E-state index is 0.0161. The molecule has 0 aliphatic carbocycles. The molecule has 1 aromatic rings. The van der Waals surface area contributed by atoms with E-state index in [2.05, 4.69) is 5.32 Å². The highest BCUT2D eigenvalue weighted by atomic mass is 35.5. The van der Waals surface area contributed by atoms with Gasteiger partial charge in [-0.05, 0) is 24.1 Å². The highest BCUT2D eigenvalue weighted by Gasteiger charge is 2.32. The highest BCUT2D eigenvalue weighted by molar-refractivity contribution is 6.30. The van der Waals surface area contributed by atoms with Crippen LogP contribution in [0.25, 0.3) is 0 Å². The van der Waals surface area contributed by atoms with Crippen molar-refractivity contribution in [3.63, 3.8) is 0 Å². The van der Waals surface area contributed by atoms with Crippen molar-refractivity contribution in [1.29, 1.82) is 0 Å². The van der Waals surface area contributed by atoms with Crippen molar-refractivity contribution >= 4 is 17.5 Å². The smallest absolute Gasteiger partial charge is 0.227 e. The van der Waals surface area contributed by atoms with Crippen molar-refractivity contribution in [3.05, 3.63) is 34.9 Å². The molecular formula is C14H19ClN2O2. The lowest BCUT2D eigenvalue weighted by Crippen LogP contribution is -2.42. The van der Waals surface area contributed by atoms with Crippen LogP contribution in [0.4, 0.5) is 0 Å². The Bertz CT molecular complexity index is 436. The van der Waals surface area contributed by atoms with Crippen LogP contribution in [-0.4, -0.2) is 25.2 Å². The summed E-state index contributed by atoms with van der Waals surface area (Å²) in [5, 5.41) is 3.72. The molecule has 1 heterocycles. The molecule has 3 unspecified atom stereocenters. The minimum atomic E-state index is -0.249. The van der Waals surface area contributed by atoms with Gasteiger partial charge >= 0.3 is 0 Å². The van der Waals surface area contributed by atoms with E-state index in [1.807, 2.05) is 31.2 Å². The summed E-state index contributed by atoms with van der Waals surface area (Å²) >= 11 is 5.87. The quantitative estimate of drug-likeness (QED) is 0.886. The van der Waals surface area contributed by atoms with E-state index in [-0.39, 0.29) is 23.9 Å². The number of carbonyl (C=O) groups is 1. The third-order valence-electron chi connectivity index (χ3n) is 3.46. The Morgan fingerprint density at radius 1 is 1.47 bits per heavy atom. The second-order valence-corrected chi connectivity index (χ2v) is 5.27. The van der Waals surface area contributed by atoms with E-state index < -0.39 is 0 Å². The van der Waals surface area contributed by atoms with Crippen LogP contribution in [0.2, 0.25) is 5.02 Å². The van der Waals surface area contributed by atoms with Gasteiger partial charge in [0.25, 0.3) is 0 Å². The molecule has 19 heavy (non-hydrogen) atoms. The van der Waals surface area contributed by atoms with Crippen molar-refractivity contribution in [2.45, 2.75) is 25.4 Å². The monoisotopic (exact) mass is 282 g/mol. The van der Waals surface area contributed by atoms with Crippen LogP contribution in [0.15, 0.2) is 24.3 Å². The van der Waals surface area contributed by atoms with Gasteiger partial charge in [-0.3, -0.25) is 4.79 Å². The molecule has 0 bridgehead atoms. The molecule has 1 aliphatic heterocycles. The van der Waals surface area contributed by atoms with Crippen molar-refractivity contribution in [2.24, 2.45) is 11.7 Å². The highest BCUT2D eigenvalue weighted by Crippen LogP contribution is 2.21. The van der Waals surface area contributed by atoms with Crippen molar-refractivity contribution in [2.75, 3.05) is 13.2 Å². The Morgan fingerprint density at radius 2 is 2.16 bits per heavy atom. The topological polar surface area (TPSA) is 64.3 Å². The lowest BCUT2D eigenvalue weighted by atomic mass is 10.0. The summed E-state index contributed by atoms with van der Waals surface area (Å²) in [6.45, 7) is 2.89. The van der Waals surface area contributed by atoms with E-state index in [0.717, 1.165) is 12.0 Å². The van der Waals surface area contributed by atoms with Gasteiger partial charge in [-0.1, -0.05) is 30.7 Å². The van der Waals surface area contributed by atoms with Gasteiger partial charge in [0, 0.05) is 11.1 Å². The molecule has 4 nitrogen and oxygen atoms in total. The normalized spacial score (nSPS) is 24.2. The third kappa shape index (κ3) is 3.47. The standard InChI is InChI=1S/C14H19ClN2O2/c1-2-13(9-3-5-10(15)6-4-9)17-14(18)11-7-19-8-12(11)16/h3-6,11-13H,2,7-8,16H2,1H3,(H,17,18). The Hall–Kier alpha value is -1.10. The third-order valence-corrected chi connectivity index (χ3v) is 3.71. The molecule has 0 spiro atoms. The number of hydrogen-bond acceptors (Lipinski definition) is 3. The Labute approximate surface area is 118 Å². The average molecular weight is 283 g/mol. The predicted molar refractivity (Wildman–Crippen MR) is 74.9 cm³/mol. The molecule has 2 rings (SSSR count). The maximum Gasteiger partial charge on any atom is 0.227 e. The van der Waals surface area contributed by atoms with Crippen LogP contribution in [-0.2, 0) is 9.53 Å². The Morgan fingerprint density at radius 3 is 2.68 bits per heavy atom. The summed E-state index contributed by atoms with van der Waals surface area (Å²) in [7, 11) is 0. The van der Waals surface area contributed by atoms with Gasteiger partial charge in [0.1, 0.15) is 0 Å². The molecule has 1 fully saturated rings. The molecule has 5 heteroatoms. The number of benzene rings is 1. The SMILES string of the molecule is CCC(NC(=O)C1COCC1N)c1ccc(Cl)cc1. The molecule has 3 atom stereocenters. The van der Waals surface area contributed by atoms with E-state index in [9.17, 15) is 4.79 Å². The number of amides is 1. The van der Waals surface area contributed by atoms with Crippen molar-refractivity contribution in [1.82, 2.24) is 5.32 Å². The lowest BCUT2D eigenvalue weighted by Gasteiger charge is -2.21. The Kier molecular flexibility index (Phi) is 4.80. The molecule has 1 aromatic carbocycles. The number of hydrogen-bond donors (Lipinski definition) is 2. The largest absolute Gasteiger partial charge is 0.379 e. The zero-order chi connectivity index (χ0) is 13.8. The summed E-state index contributed by atoms with van der Waals surface area (Å²) in [6.07, 6.45) is 0.816. The summed E-state index contributed by atoms with van der Waals surface area (Å²) in [5.74, 6) is -0.284. The predicted octanol–water partition coefficient (Wildman–Crippen LogP) is 1.88. The lowest BCUT2D eigenvalue weighted by molar-refractivity contribution is -0.126. The van der Waals surface area contributed by atoms with Crippen LogP contribution < -0.4 is 11.1 Å². The summed E-state index contributed by atoms with van der Waals surface area (Å²) in [6, 6.07) is 7.30. The first-order valence-electron chi connectivity index (χ1n) is 6.51. The molecule has 1 amide bonds. The molecular weight excluding hydrogens is 264 g/mol. The Balaban J connectivity index is 2.02. The first-order valence-corrected chi connectivity index (χ1v) is 6.88. The molecule has 1 saturated heterocycles. The average Bonchev–Trinajstić information content (AvgIpc) is 2.83. The summed E-state index contributed by atoms with van der Waals surface area (Å²) < 4.78 is 5.22. The zero-order valence-electron chi connectivity index (χ0n) is 10.9. The van der Waals surface area contributed by atoms with Crippen molar-refractivity contribution in [3.8, 4) is 0 Å². The van der Waals surface area contributed by atoms with Crippen LogP contribution in [0, 0.1) is 5.92 Å². The maximum atomic E-state index is 12.2. The van der Waals surface area contributed by atoms with Crippen LogP contribution in [0.5, 0.6) is 0 Å². The van der Waals surface area contributed by atoms with E-state index in [1.165, 1.54) is 0 Å². The van der Waals surface area contributed by atoms with E-state index in [4.69, 9.17) is 22.1 Å². The van der Waals surface area contributed by atoms with Gasteiger partial charge in [-0.2, -0.15) is 0 Å². The molecule has 3 N–H and O–H groups in total. The molecule has 1 aliphatic rings. The second kappa shape index (κ2) is 6.37. The zero-order valence-corrected chi connectivity index (χ0v) is 11.7. The second-order valence-electron chi connectivity index (χ2n) is 4.83. The van der Waals surface area contributed by atoms with Gasteiger partial charge in [0.15, 0.2) is 0 Å².